The molecule has 0 aliphatic heterocycles. The number of nitrogens with one attached hydrogen (secondary N) is 1. The van der Waals surface area contributed by atoms with Gasteiger partial charge in [-0.05, 0) is 23.8 Å². The first kappa shape index (κ1) is 9.67. The van der Waals surface area contributed by atoms with E-state index in [4.69, 9.17) is 0 Å². The molecule has 0 saturated carbocycles. The number of fused-ring (bicyclic) bond motifs is 1. The van der Waals surface area contributed by atoms with Gasteiger partial charge in [-0.2, -0.15) is 0 Å². The Bertz CT molecular complexity index is 626. The van der Waals surface area contributed by atoms with Crippen LogP contribution in [0.25, 0.3) is 22.0 Å². The Morgan fingerprint density at radius 2 is 1.75 bits per heavy atom. The largest absolute Gasteiger partial charge is 0.361 e. The van der Waals surface area contributed by atoms with E-state index in [1.165, 1.54) is 22.0 Å². The zero-order valence-electron chi connectivity index (χ0n) is 8.57. The number of hydrogen-bond donors (Lipinski definition) is 1. The van der Waals surface area contributed by atoms with Gasteiger partial charge in [0.2, 0.25) is 0 Å². The molecule has 0 bridgehead atoms. The van der Waals surface area contributed by atoms with Crippen LogP contribution >= 0.6 is 15.9 Å². The normalized spacial score (nSPS) is 10.8. The molecule has 1 aromatic heterocycles. The van der Waals surface area contributed by atoms with E-state index in [0.29, 0.717) is 0 Å². The van der Waals surface area contributed by atoms with Crippen LogP contribution in [0.4, 0.5) is 0 Å². The van der Waals surface area contributed by atoms with Crippen LogP contribution in [0.1, 0.15) is 0 Å². The molecule has 0 saturated heterocycles. The Labute approximate surface area is 102 Å². The second-order valence-corrected chi connectivity index (χ2v) is 4.67. The Balaban J connectivity index is 2.29. The first-order valence-electron chi connectivity index (χ1n) is 5.17. The summed E-state index contributed by atoms with van der Waals surface area (Å²) in [6.45, 7) is 0. The van der Waals surface area contributed by atoms with Crippen molar-refractivity contribution in [1.82, 2.24) is 4.98 Å². The molecule has 16 heavy (non-hydrogen) atoms. The van der Waals surface area contributed by atoms with Crippen molar-refractivity contribution < 1.29 is 0 Å². The number of rotatable bonds is 1. The number of hydrogen-bond acceptors (Lipinski definition) is 0. The zero-order chi connectivity index (χ0) is 11.0. The predicted octanol–water partition coefficient (Wildman–Crippen LogP) is 4.60. The van der Waals surface area contributed by atoms with Crippen molar-refractivity contribution >= 4 is 26.8 Å². The van der Waals surface area contributed by atoms with Crippen LogP contribution in [0.2, 0.25) is 0 Å². The van der Waals surface area contributed by atoms with Gasteiger partial charge >= 0.3 is 0 Å². The zero-order valence-corrected chi connectivity index (χ0v) is 10.2. The molecular formula is C14H10BrN. The highest BCUT2D eigenvalue weighted by Gasteiger charge is 2.05. The average Bonchev–Trinajstić information content (AvgIpc) is 2.73. The van der Waals surface area contributed by atoms with Gasteiger partial charge in [0.1, 0.15) is 0 Å². The SMILES string of the molecule is Brc1ccc2[nH]cc(-c3ccccc3)c2c1. The third-order valence-electron chi connectivity index (χ3n) is 2.73. The first-order valence-corrected chi connectivity index (χ1v) is 5.96. The molecule has 1 N–H and O–H groups in total. The molecule has 3 aromatic rings. The fourth-order valence-electron chi connectivity index (χ4n) is 1.95. The third kappa shape index (κ3) is 1.55. The summed E-state index contributed by atoms with van der Waals surface area (Å²) in [4.78, 5) is 3.29. The summed E-state index contributed by atoms with van der Waals surface area (Å²) in [7, 11) is 0. The number of aromatic amines is 1. The van der Waals surface area contributed by atoms with Crippen molar-refractivity contribution in [3.63, 3.8) is 0 Å². The van der Waals surface area contributed by atoms with Gasteiger partial charge < -0.3 is 4.98 Å². The Kier molecular flexibility index (Phi) is 2.29. The van der Waals surface area contributed by atoms with Crippen LogP contribution in [0.5, 0.6) is 0 Å². The Hall–Kier alpha value is -1.54. The Morgan fingerprint density at radius 1 is 0.938 bits per heavy atom. The van der Waals surface area contributed by atoms with Gasteiger partial charge in [0.05, 0.1) is 0 Å². The fraction of sp³-hybridized carbons (Fsp3) is 0. The van der Waals surface area contributed by atoms with Crippen LogP contribution in [-0.2, 0) is 0 Å². The minimum Gasteiger partial charge on any atom is -0.361 e. The van der Waals surface area contributed by atoms with E-state index >= 15 is 0 Å². The molecule has 78 valence electrons. The van der Waals surface area contributed by atoms with Gasteiger partial charge in [0.15, 0.2) is 0 Å². The standard InChI is InChI=1S/C14H10BrN/c15-11-6-7-14-12(8-11)13(9-16-14)10-4-2-1-3-5-10/h1-9,16H. The van der Waals surface area contributed by atoms with Crippen LogP contribution in [0.15, 0.2) is 59.2 Å². The first-order chi connectivity index (χ1) is 7.84. The summed E-state index contributed by atoms with van der Waals surface area (Å²) in [5.74, 6) is 0. The van der Waals surface area contributed by atoms with Gasteiger partial charge in [-0.15, -0.1) is 0 Å². The number of halogens is 1. The lowest BCUT2D eigenvalue weighted by Crippen LogP contribution is -1.74. The van der Waals surface area contributed by atoms with E-state index in [2.05, 4.69) is 63.5 Å². The van der Waals surface area contributed by atoms with Crippen molar-refractivity contribution in [1.29, 1.82) is 0 Å². The molecule has 2 heteroatoms. The Morgan fingerprint density at radius 3 is 2.56 bits per heavy atom. The van der Waals surface area contributed by atoms with Gasteiger partial charge in [-0.1, -0.05) is 46.3 Å². The van der Waals surface area contributed by atoms with Crippen molar-refractivity contribution in [2.75, 3.05) is 0 Å². The maximum absolute atomic E-state index is 3.51. The van der Waals surface area contributed by atoms with Gasteiger partial charge in [0, 0.05) is 27.1 Å². The summed E-state index contributed by atoms with van der Waals surface area (Å²) in [5, 5.41) is 1.25. The smallest absolute Gasteiger partial charge is 0.0461 e. The van der Waals surface area contributed by atoms with E-state index in [9.17, 15) is 0 Å². The van der Waals surface area contributed by atoms with Crippen molar-refractivity contribution in [3.05, 3.63) is 59.2 Å². The fourth-order valence-corrected chi connectivity index (χ4v) is 2.31. The summed E-state index contributed by atoms with van der Waals surface area (Å²) in [6.07, 6.45) is 2.06. The monoisotopic (exact) mass is 271 g/mol. The molecule has 0 aliphatic rings. The lowest BCUT2D eigenvalue weighted by atomic mass is 10.1. The molecule has 0 atom stereocenters. The van der Waals surface area contributed by atoms with E-state index < -0.39 is 0 Å². The minimum atomic E-state index is 1.11. The minimum absolute atomic E-state index is 1.11. The van der Waals surface area contributed by atoms with E-state index in [1.54, 1.807) is 0 Å². The molecule has 1 nitrogen and oxygen atoms in total. The average molecular weight is 272 g/mol. The highest BCUT2D eigenvalue weighted by Crippen LogP contribution is 2.30. The second kappa shape index (κ2) is 3.80. The van der Waals surface area contributed by atoms with Crippen LogP contribution in [0.3, 0.4) is 0 Å². The predicted molar refractivity (Wildman–Crippen MR) is 71.4 cm³/mol. The molecule has 0 unspecified atom stereocenters. The third-order valence-corrected chi connectivity index (χ3v) is 3.22. The van der Waals surface area contributed by atoms with Gasteiger partial charge in [0.25, 0.3) is 0 Å². The number of benzene rings is 2. The van der Waals surface area contributed by atoms with Crippen LogP contribution in [-0.4, -0.2) is 4.98 Å². The van der Waals surface area contributed by atoms with Crippen molar-refractivity contribution in [3.8, 4) is 11.1 Å². The molecule has 0 fully saturated rings. The van der Waals surface area contributed by atoms with E-state index in [1.807, 2.05) is 12.1 Å². The lowest BCUT2D eigenvalue weighted by molar-refractivity contribution is 1.47. The van der Waals surface area contributed by atoms with Crippen molar-refractivity contribution in [2.45, 2.75) is 0 Å². The maximum Gasteiger partial charge on any atom is 0.0461 e. The van der Waals surface area contributed by atoms with Gasteiger partial charge in [-0.3, -0.25) is 0 Å². The molecule has 2 aromatic carbocycles. The second-order valence-electron chi connectivity index (χ2n) is 3.76. The molecule has 3 rings (SSSR count). The topological polar surface area (TPSA) is 15.8 Å². The van der Waals surface area contributed by atoms with E-state index in [-0.39, 0.29) is 0 Å². The molecule has 1 heterocycles. The summed E-state index contributed by atoms with van der Waals surface area (Å²) < 4.78 is 1.11. The lowest BCUT2D eigenvalue weighted by Gasteiger charge is -1.99. The molecule has 0 radical (unpaired) electrons. The number of aromatic nitrogens is 1. The summed E-state index contributed by atoms with van der Waals surface area (Å²) in [6, 6.07) is 16.7. The molecule has 0 amide bonds. The van der Waals surface area contributed by atoms with Crippen molar-refractivity contribution in [2.24, 2.45) is 0 Å². The van der Waals surface area contributed by atoms with Gasteiger partial charge in [-0.25, -0.2) is 0 Å². The summed E-state index contributed by atoms with van der Waals surface area (Å²) >= 11 is 3.51. The molecular weight excluding hydrogens is 262 g/mol. The highest BCUT2D eigenvalue weighted by atomic mass is 79.9. The van der Waals surface area contributed by atoms with Crippen LogP contribution < -0.4 is 0 Å². The molecule has 0 spiro atoms. The quantitative estimate of drug-likeness (QED) is 0.666. The number of H-pyrrole nitrogens is 1. The highest BCUT2D eigenvalue weighted by molar-refractivity contribution is 9.10. The molecule has 0 aliphatic carbocycles. The van der Waals surface area contributed by atoms with Crippen LogP contribution in [0, 0.1) is 0 Å². The maximum atomic E-state index is 3.51. The summed E-state index contributed by atoms with van der Waals surface area (Å²) in [5.41, 5.74) is 3.66. The van der Waals surface area contributed by atoms with E-state index in [0.717, 1.165) is 4.47 Å².